The van der Waals surface area contributed by atoms with E-state index in [1.165, 1.54) is 12.8 Å². The molecule has 24 heavy (non-hydrogen) atoms. The predicted octanol–water partition coefficient (Wildman–Crippen LogP) is 4.19. The molecule has 0 aromatic rings. The van der Waals surface area contributed by atoms with Crippen LogP contribution >= 0.6 is 0 Å². The first-order valence-corrected chi connectivity index (χ1v) is 10.0. The SMILES string of the molecule is C=C(O)[C@@]1(O)CC[C@H]2[C@@H]3CCC4CC(O)CC[C@]4(C)[C@H]3CC[C@@]21C. The number of hydrogen-bond acceptors (Lipinski definition) is 3. The van der Waals surface area contributed by atoms with E-state index in [1.54, 1.807) is 0 Å². The molecule has 0 spiro atoms. The molecule has 0 aromatic heterocycles. The van der Waals surface area contributed by atoms with Crippen LogP contribution in [0, 0.1) is 34.5 Å². The van der Waals surface area contributed by atoms with Gasteiger partial charge in [-0.1, -0.05) is 20.4 Å². The maximum absolute atomic E-state index is 11.2. The Morgan fingerprint density at radius 2 is 1.67 bits per heavy atom. The third-order valence-electron chi connectivity index (χ3n) is 9.27. The highest BCUT2D eigenvalue weighted by Crippen LogP contribution is 2.68. The van der Waals surface area contributed by atoms with Crippen molar-refractivity contribution in [3.8, 4) is 0 Å². The maximum Gasteiger partial charge on any atom is 0.126 e. The summed E-state index contributed by atoms with van der Waals surface area (Å²) >= 11 is 0. The van der Waals surface area contributed by atoms with Crippen LogP contribution in [-0.2, 0) is 0 Å². The Kier molecular flexibility index (Phi) is 3.69. The second kappa shape index (κ2) is 5.23. The van der Waals surface area contributed by atoms with Crippen LogP contribution in [0.25, 0.3) is 0 Å². The predicted molar refractivity (Wildman–Crippen MR) is 94.5 cm³/mol. The molecule has 0 bridgehead atoms. The topological polar surface area (TPSA) is 60.7 Å². The zero-order valence-corrected chi connectivity index (χ0v) is 15.3. The van der Waals surface area contributed by atoms with Gasteiger partial charge in [-0.05, 0) is 86.9 Å². The van der Waals surface area contributed by atoms with Crippen molar-refractivity contribution >= 4 is 0 Å². The molecule has 0 radical (unpaired) electrons. The van der Waals surface area contributed by atoms with Crippen LogP contribution in [0.4, 0.5) is 0 Å². The van der Waals surface area contributed by atoms with E-state index in [-0.39, 0.29) is 17.3 Å². The van der Waals surface area contributed by atoms with Crippen LogP contribution in [0.5, 0.6) is 0 Å². The Labute approximate surface area is 146 Å². The number of aliphatic hydroxyl groups is 3. The van der Waals surface area contributed by atoms with Gasteiger partial charge in [0, 0.05) is 5.41 Å². The fourth-order valence-electron chi connectivity index (χ4n) is 7.73. The molecule has 0 heterocycles. The van der Waals surface area contributed by atoms with Gasteiger partial charge in [-0.15, -0.1) is 0 Å². The molecule has 0 amide bonds. The monoisotopic (exact) mass is 334 g/mol. The summed E-state index contributed by atoms with van der Waals surface area (Å²) in [5.41, 5.74) is -0.957. The summed E-state index contributed by atoms with van der Waals surface area (Å²) in [5.74, 6) is 2.52. The molecule has 3 heteroatoms. The van der Waals surface area contributed by atoms with Gasteiger partial charge >= 0.3 is 0 Å². The number of rotatable bonds is 1. The van der Waals surface area contributed by atoms with E-state index in [0.717, 1.165) is 44.4 Å². The number of aliphatic hydroxyl groups excluding tert-OH is 2. The normalized spacial score (nSPS) is 56.9. The van der Waals surface area contributed by atoms with Crippen LogP contribution in [0.2, 0.25) is 0 Å². The molecule has 3 nitrogen and oxygen atoms in total. The molecule has 0 aliphatic heterocycles. The molecule has 136 valence electrons. The summed E-state index contributed by atoms with van der Waals surface area (Å²) in [6.07, 6.45) is 9.25. The zero-order chi connectivity index (χ0) is 17.3. The fourth-order valence-corrected chi connectivity index (χ4v) is 7.73. The summed E-state index contributed by atoms with van der Waals surface area (Å²) in [6.45, 7) is 8.39. The average molecular weight is 335 g/mol. The third kappa shape index (κ3) is 1.97. The first-order valence-electron chi connectivity index (χ1n) is 10.0. The Bertz CT molecular complexity index is 545. The summed E-state index contributed by atoms with van der Waals surface area (Å²) in [4.78, 5) is 0. The molecule has 3 N–H and O–H groups in total. The summed E-state index contributed by atoms with van der Waals surface area (Å²) in [7, 11) is 0. The molecule has 4 saturated carbocycles. The molecular formula is C21H34O3. The molecule has 4 aliphatic carbocycles. The molecule has 0 saturated heterocycles. The van der Waals surface area contributed by atoms with Crippen LogP contribution in [0.1, 0.15) is 71.6 Å². The van der Waals surface area contributed by atoms with Crippen LogP contribution < -0.4 is 0 Å². The van der Waals surface area contributed by atoms with Crippen molar-refractivity contribution in [2.75, 3.05) is 0 Å². The molecule has 4 fully saturated rings. The van der Waals surface area contributed by atoms with Crippen molar-refractivity contribution in [1.82, 2.24) is 0 Å². The van der Waals surface area contributed by atoms with Gasteiger partial charge in [-0.25, -0.2) is 0 Å². The number of hydrogen-bond donors (Lipinski definition) is 3. The first-order chi connectivity index (χ1) is 11.2. The largest absolute Gasteiger partial charge is 0.510 e. The molecular weight excluding hydrogens is 300 g/mol. The van der Waals surface area contributed by atoms with Gasteiger partial charge in [-0.2, -0.15) is 0 Å². The number of fused-ring (bicyclic) bond motifs is 5. The Hall–Kier alpha value is -0.540. The Morgan fingerprint density at radius 3 is 2.38 bits per heavy atom. The second-order valence-corrected chi connectivity index (χ2v) is 9.89. The molecule has 8 atom stereocenters. The Balaban J connectivity index is 1.65. The van der Waals surface area contributed by atoms with Crippen molar-refractivity contribution in [2.24, 2.45) is 34.5 Å². The average Bonchev–Trinajstić information content (AvgIpc) is 2.81. The van der Waals surface area contributed by atoms with Crippen LogP contribution in [-0.4, -0.2) is 27.0 Å². The molecule has 4 aliphatic rings. The zero-order valence-electron chi connectivity index (χ0n) is 15.3. The van der Waals surface area contributed by atoms with Crippen molar-refractivity contribution in [3.63, 3.8) is 0 Å². The third-order valence-corrected chi connectivity index (χ3v) is 9.27. The lowest BCUT2D eigenvalue weighted by molar-refractivity contribution is -0.155. The van der Waals surface area contributed by atoms with Crippen LogP contribution in [0.3, 0.4) is 0 Å². The van der Waals surface area contributed by atoms with Gasteiger partial charge in [0.05, 0.1) is 6.10 Å². The lowest BCUT2D eigenvalue weighted by atomic mass is 9.44. The van der Waals surface area contributed by atoms with Gasteiger partial charge in [0.1, 0.15) is 11.4 Å². The smallest absolute Gasteiger partial charge is 0.126 e. The molecule has 4 rings (SSSR count). The van der Waals surface area contributed by atoms with E-state index in [0.29, 0.717) is 29.6 Å². The van der Waals surface area contributed by atoms with Gasteiger partial charge < -0.3 is 15.3 Å². The molecule has 2 unspecified atom stereocenters. The van der Waals surface area contributed by atoms with Crippen molar-refractivity contribution in [1.29, 1.82) is 0 Å². The van der Waals surface area contributed by atoms with Crippen LogP contribution in [0.15, 0.2) is 12.3 Å². The van der Waals surface area contributed by atoms with Gasteiger partial charge in [0.25, 0.3) is 0 Å². The maximum atomic E-state index is 11.2. The van der Waals surface area contributed by atoms with Crippen molar-refractivity contribution < 1.29 is 15.3 Å². The summed E-state index contributed by atoms with van der Waals surface area (Å²) in [6, 6.07) is 0. The lowest BCUT2D eigenvalue weighted by Gasteiger charge is -2.61. The van der Waals surface area contributed by atoms with E-state index in [2.05, 4.69) is 20.4 Å². The summed E-state index contributed by atoms with van der Waals surface area (Å²) in [5, 5.41) is 31.4. The van der Waals surface area contributed by atoms with E-state index >= 15 is 0 Å². The minimum atomic E-state index is -1.09. The highest BCUT2D eigenvalue weighted by molar-refractivity contribution is 5.21. The van der Waals surface area contributed by atoms with Gasteiger partial charge in [0.2, 0.25) is 0 Å². The van der Waals surface area contributed by atoms with Gasteiger partial charge in [-0.3, -0.25) is 0 Å². The minimum absolute atomic E-state index is 0.0216. The van der Waals surface area contributed by atoms with Crippen molar-refractivity contribution in [3.05, 3.63) is 12.3 Å². The highest BCUT2D eigenvalue weighted by atomic mass is 16.3. The van der Waals surface area contributed by atoms with Crippen molar-refractivity contribution in [2.45, 2.75) is 83.3 Å². The standard InChI is InChI=1S/C21H34O3/c1-13(22)21(24)11-8-18-16-5-4-14-12-15(23)6-9-19(14,2)17(16)7-10-20(18,21)3/h14-18,22-24H,1,4-12H2,2-3H3/t14?,15?,16-,17+,18+,19+,20+,21+/m1/s1. The fraction of sp³-hybridized carbons (Fsp3) is 0.905. The lowest BCUT2D eigenvalue weighted by Crippen LogP contribution is -2.57. The quantitative estimate of drug-likeness (QED) is 0.630. The molecule has 0 aromatic carbocycles. The van der Waals surface area contributed by atoms with Gasteiger partial charge in [0.15, 0.2) is 0 Å². The van der Waals surface area contributed by atoms with E-state index in [9.17, 15) is 15.3 Å². The van der Waals surface area contributed by atoms with E-state index < -0.39 is 5.60 Å². The Morgan fingerprint density at radius 1 is 0.958 bits per heavy atom. The van der Waals surface area contributed by atoms with E-state index in [1.807, 2.05) is 0 Å². The van der Waals surface area contributed by atoms with E-state index in [4.69, 9.17) is 0 Å². The minimum Gasteiger partial charge on any atom is -0.510 e. The second-order valence-electron chi connectivity index (χ2n) is 9.89. The highest BCUT2D eigenvalue weighted by Gasteiger charge is 2.65. The summed E-state index contributed by atoms with van der Waals surface area (Å²) < 4.78 is 0. The first kappa shape index (κ1) is 16.9.